The molecule has 1 N–H and O–H groups in total. The molecule has 8 nitrogen and oxygen atoms in total. The minimum atomic E-state index is -1.07. The Bertz CT molecular complexity index is 667. The number of aliphatic carboxylic acids is 1. The zero-order valence-corrected chi connectivity index (χ0v) is 11.8. The normalized spacial score (nSPS) is 10.8. The Morgan fingerprint density at radius 2 is 2.14 bits per heavy atom. The van der Waals surface area contributed by atoms with Crippen LogP contribution in [0.2, 0.25) is 0 Å². The van der Waals surface area contributed by atoms with E-state index in [4.69, 9.17) is 9.84 Å². The first-order chi connectivity index (χ1) is 10.0. The van der Waals surface area contributed by atoms with Gasteiger partial charge in [-0.15, -0.1) is 10.2 Å². The largest absolute Gasteiger partial charge is 0.480 e. The molecule has 112 valence electrons. The third-order valence-electron chi connectivity index (χ3n) is 3.00. The number of methoxy groups -OCH3 is 1. The summed E-state index contributed by atoms with van der Waals surface area (Å²) in [7, 11) is 1.50. The molecule has 0 radical (unpaired) electrons. The number of pyridine rings is 1. The van der Waals surface area contributed by atoms with Crippen molar-refractivity contribution in [2.75, 3.05) is 26.8 Å². The van der Waals surface area contributed by atoms with Crippen LogP contribution in [0.15, 0.2) is 18.3 Å². The van der Waals surface area contributed by atoms with Crippen LogP contribution in [0.1, 0.15) is 16.2 Å². The van der Waals surface area contributed by atoms with Crippen molar-refractivity contribution in [1.29, 1.82) is 0 Å². The molecular weight excluding hydrogens is 276 g/mol. The lowest BCUT2D eigenvalue weighted by molar-refractivity contribution is -0.137. The van der Waals surface area contributed by atoms with Crippen molar-refractivity contribution in [2.45, 2.75) is 6.92 Å². The molecule has 0 aliphatic rings. The topological polar surface area (TPSA) is 97.0 Å². The van der Waals surface area contributed by atoms with E-state index in [0.717, 1.165) is 0 Å². The number of ether oxygens (including phenoxy) is 1. The molecule has 1 amide bonds. The van der Waals surface area contributed by atoms with Gasteiger partial charge in [0, 0.05) is 19.9 Å². The number of carboxylic acids is 1. The highest BCUT2D eigenvalue weighted by atomic mass is 16.5. The Hall–Kier alpha value is -2.48. The molecule has 0 saturated heterocycles. The fourth-order valence-electron chi connectivity index (χ4n) is 1.93. The van der Waals surface area contributed by atoms with Gasteiger partial charge in [0.25, 0.3) is 5.91 Å². The van der Waals surface area contributed by atoms with Gasteiger partial charge in [0.15, 0.2) is 5.65 Å². The Balaban J connectivity index is 2.28. The van der Waals surface area contributed by atoms with E-state index in [0.29, 0.717) is 17.0 Å². The molecule has 0 saturated carbocycles. The molecule has 0 aliphatic carbocycles. The van der Waals surface area contributed by atoms with E-state index in [1.54, 1.807) is 29.7 Å². The Morgan fingerprint density at radius 3 is 2.81 bits per heavy atom. The van der Waals surface area contributed by atoms with Crippen LogP contribution >= 0.6 is 0 Å². The monoisotopic (exact) mass is 292 g/mol. The van der Waals surface area contributed by atoms with Crippen LogP contribution in [0.3, 0.4) is 0 Å². The summed E-state index contributed by atoms with van der Waals surface area (Å²) >= 11 is 0. The third-order valence-corrected chi connectivity index (χ3v) is 3.00. The Labute approximate surface area is 121 Å². The Morgan fingerprint density at radius 1 is 1.38 bits per heavy atom. The number of carbonyl (C=O) groups excluding carboxylic acids is 1. The summed E-state index contributed by atoms with van der Waals surface area (Å²) in [4.78, 5) is 24.5. The predicted octanol–water partition coefficient (Wildman–Crippen LogP) is 0.211. The van der Waals surface area contributed by atoms with Gasteiger partial charge in [-0.1, -0.05) is 0 Å². The van der Waals surface area contributed by atoms with Crippen molar-refractivity contribution in [1.82, 2.24) is 19.5 Å². The summed E-state index contributed by atoms with van der Waals surface area (Å²) in [6.45, 7) is 1.88. The van der Waals surface area contributed by atoms with Crippen LogP contribution < -0.4 is 0 Å². The molecule has 8 heteroatoms. The van der Waals surface area contributed by atoms with E-state index in [1.165, 1.54) is 12.0 Å². The fraction of sp³-hybridized carbons (Fsp3) is 0.385. The standard InChI is InChI=1S/C13H16N4O4/c1-9-14-15-11-4-3-10(7-17(9)11)13(20)16(5-6-21-2)8-12(18)19/h3-4,7H,5-6,8H2,1-2H3,(H,18,19). The lowest BCUT2D eigenvalue weighted by Crippen LogP contribution is -2.38. The summed E-state index contributed by atoms with van der Waals surface area (Å²) < 4.78 is 6.59. The second kappa shape index (κ2) is 6.31. The van der Waals surface area contributed by atoms with Gasteiger partial charge in [-0.3, -0.25) is 14.0 Å². The van der Waals surface area contributed by atoms with Crippen molar-refractivity contribution in [3.05, 3.63) is 29.7 Å². The molecule has 2 heterocycles. The highest BCUT2D eigenvalue weighted by Crippen LogP contribution is 2.09. The number of rotatable bonds is 6. The molecule has 2 aromatic heterocycles. The molecule has 2 aromatic rings. The van der Waals surface area contributed by atoms with Crippen LogP contribution in [0.25, 0.3) is 5.65 Å². The van der Waals surface area contributed by atoms with E-state index in [-0.39, 0.29) is 25.6 Å². The van der Waals surface area contributed by atoms with Crippen molar-refractivity contribution >= 4 is 17.5 Å². The fourth-order valence-corrected chi connectivity index (χ4v) is 1.93. The number of carbonyl (C=O) groups is 2. The molecule has 0 aromatic carbocycles. The van der Waals surface area contributed by atoms with Crippen LogP contribution in [0.4, 0.5) is 0 Å². The minimum Gasteiger partial charge on any atom is -0.480 e. The number of carboxylic acid groups (broad SMARTS) is 1. The van der Waals surface area contributed by atoms with Crippen LogP contribution in [0.5, 0.6) is 0 Å². The molecule has 21 heavy (non-hydrogen) atoms. The van der Waals surface area contributed by atoms with Gasteiger partial charge in [-0.25, -0.2) is 0 Å². The van der Waals surface area contributed by atoms with Crippen molar-refractivity contribution in [2.24, 2.45) is 0 Å². The molecule has 0 spiro atoms. The van der Waals surface area contributed by atoms with Crippen molar-refractivity contribution < 1.29 is 19.4 Å². The first kappa shape index (κ1) is 14.9. The summed E-state index contributed by atoms with van der Waals surface area (Å²) in [5, 5.41) is 16.8. The second-order valence-electron chi connectivity index (χ2n) is 4.51. The number of hydrogen-bond donors (Lipinski definition) is 1. The van der Waals surface area contributed by atoms with E-state index >= 15 is 0 Å². The molecule has 2 rings (SSSR count). The number of fused-ring (bicyclic) bond motifs is 1. The first-order valence-corrected chi connectivity index (χ1v) is 6.34. The highest BCUT2D eigenvalue weighted by Gasteiger charge is 2.19. The first-order valence-electron chi connectivity index (χ1n) is 6.34. The van der Waals surface area contributed by atoms with Gasteiger partial charge in [0.2, 0.25) is 0 Å². The van der Waals surface area contributed by atoms with E-state index in [2.05, 4.69) is 10.2 Å². The zero-order chi connectivity index (χ0) is 15.4. The Kier molecular flexibility index (Phi) is 4.49. The van der Waals surface area contributed by atoms with Crippen molar-refractivity contribution in [3.8, 4) is 0 Å². The van der Waals surface area contributed by atoms with Gasteiger partial charge in [0.05, 0.1) is 12.2 Å². The lowest BCUT2D eigenvalue weighted by Gasteiger charge is -2.20. The molecule has 0 aliphatic heterocycles. The second-order valence-corrected chi connectivity index (χ2v) is 4.51. The van der Waals surface area contributed by atoms with Crippen LogP contribution in [0, 0.1) is 6.92 Å². The van der Waals surface area contributed by atoms with Gasteiger partial charge < -0.3 is 14.7 Å². The van der Waals surface area contributed by atoms with Gasteiger partial charge >= 0.3 is 5.97 Å². The number of nitrogens with zero attached hydrogens (tertiary/aromatic N) is 4. The molecular formula is C13H16N4O4. The zero-order valence-electron chi connectivity index (χ0n) is 11.8. The summed E-state index contributed by atoms with van der Waals surface area (Å²) in [6.07, 6.45) is 1.61. The van der Waals surface area contributed by atoms with Crippen LogP contribution in [-0.2, 0) is 9.53 Å². The third kappa shape index (κ3) is 3.34. The number of hydrogen-bond acceptors (Lipinski definition) is 5. The van der Waals surface area contributed by atoms with E-state index < -0.39 is 5.97 Å². The van der Waals surface area contributed by atoms with Gasteiger partial charge in [-0.2, -0.15) is 0 Å². The molecule has 0 fully saturated rings. The van der Waals surface area contributed by atoms with Gasteiger partial charge in [0.1, 0.15) is 12.4 Å². The lowest BCUT2D eigenvalue weighted by atomic mass is 10.2. The number of aromatic nitrogens is 3. The highest BCUT2D eigenvalue weighted by molar-refractivity contribution is 5.95. The van der Waals surface area contributed by atoms with Crippen molar-refractivity contribution in [3.63, 3.8) is 0 Å². The average Bonchev–Trinajstić information content (AvgIpc) is 2.83. The SMILES string of the molecule is COCCN(CC(=O)O)C(=O)c1ccc2nnc(C)n2c1. The smallest absolute Gasteiger partial charge is 0.323 e. The maximum atomic E-state index is 12.4. The predicted molar refractivity (Wildman–Crippen MR) is 73.1 cm³/mol. The summed E-state index contributed by atoms with van der Waals surface area (Å²) in [6, 6.07) is 3.27. The molecule has 0 bridgehead atoms. The summed E-state index contributed by atoms with van der Waals surface area (Å²) in [5.41, 5.74) is 1.01. The molecule has 0 unspecified atom stereocenters. The van der Waals surface area contributed by atoms with E-state index in [9.17, 15) is 9.59 Å². The quantitative estimate of drug-likeness (QED) is 0.817. The maximum Gasteiger partial charge on any atom is 0.323 e. The maximum absolute atomic E-state index is 12.4. The molecule has 0 atom stereocenters. The minimum absolute atomic E-state index is 0.209. The number of aryl methyl sites for hydroxylation is 1. The van der Waals surface area contributed by atoms with Gasteiger partial charge in [-0.05, 0) is 19.1 Å². The average molecular weight is 292 g/mol. The number of amides is 1. The summed E-state index contributed by atoms with van der Waals surface area (Å²) in [5.74, 6) is -0.785. The van der Waals surface area contributed by atoms with E-state index in [1.807, 2.05) is 0 Å². The van der Waals surface area contributed by atoms with Crippen LogP contribution in [-0.4, -0.2) is 63.3 Å².